The van der Waals surface area contributed by atoms with Gasteiger partial charge in [-0.25, -0.2) is 4.68 Å². The van der Waals surface area contributed by atoms with Gasteiger partial charge < -0.3 is 5.32 Å². The topological polar surface area (TPSA) is 64.0 Å². The van der Waals surface area contributed by atoms with Crippen molar-refractivity contribution in [3.8, 4) is 0 Å². The van der Waals surface area contributed by atoms with E-state index in [-0.39, 0.29) is 17.2 Å². The van der Waals surface area contributed by atoms with E-state index in [9.17, 15) is 9.59 Å². The van der Waals surface area contributed by atoms with Crippen molar-refractivity contribution < 1.29 is 4.79 Å². The van der Waals surface area contributed by atoms with Gasteiger partial charge in [0, 0.05) is 23.3 Å². The smallest absolute Gasteiger partial charge is 0.276 e. The highest BCUT2D eigenvalue weighted by Gasteiger charge is 2.12. The number of halogens is 1. The van der Waals surface area contributed by atoms with Gasteiger partial charge in [0.15, 0.2) is 0 Å². The fourth-order valence-corrected chi connectivity index (χ4v) is 2.14. The lowest BCUT2D eigenvalue weighted by molar-refractivity contribution is 0.101. The van der Waals surface area contributed by atoms with E-state index >= 15 is 0 Å². The van der Waals surface area contributed by atoms with Gasteiger partial charge in [0.25, 0.3) is 11.5 Å². The maximum absolute atomic E-state index is 12.3. The monoisotopic (exact) mass is 319 g/mol. The summed E-state index contributed by atoms with van der Waals surface area (Å²) in [4.78, 5) is 24.0. The fourth-order valence-electron chi connectivity index (χ4n) is 1.97. The molecule has 0 aliphatic carbocycles. The minimum absolute atomic E-state index is 0.204. The normalized spacial score (nSPS) is 10.5. The summed E-state index contributed by atoms with van der Waals surface area (Å²) in [5.74, 6) is -0.365. The van der Waals surface area contributed by atoms with Crippen LogP contribution in [0, 0.1) is 6.92 Å². The molecule has 0 bridgehead atoms. The summed E-state index contributed by atoms with van der Waals surface area (Å²) in [6, 6.07) is 8.09. The molecule has 1 heterocycles. The molecule has 1 N–H and O–H groups in total. The fraction of sp³-hybridized carbons (Fsp3) is 0.312. The van der Waals surface area contributed by atoms with Crippen molar-refractivity contribution in [2.45, 2.75) is 33.2 Å². The molecule has 22 heavy (non-hydrogen) atoms. The number of hydrogen-bond donors (Lipinski definition) is 1. The third-order valence-electron chi connectivity index (χ3n) is 3.34. The third-order valence-corrected chi connectivity index (χ3v) is 3.75. The molecule has 2 rings (SSSR count). The molecule has 0 aliphatic rings. The van der Waals surface area contributed by atoms with Crippen LogP contribution in [0.25, 0.3) is 0 Å². The van der Waals surface area contributed by atoms with Crippen LogP contribution in [0.3, 0.4) is 0 Å². The first-order valence-electron chi connectivity index (χ1n) is 7.17. The third kappa shape index (κ3) is 3.74. The van der Waals surface area contributed by atoms with Gasteiger partial charge in [-0.1, -0.05) is 31.0 Å². The zero-order valence-electron chi connectivity index (χ0n) is 12.6. The zero-order valence-corrected chi connectivity index (χ0v) is 13.4. The predicted octanol–water partition coefficient (Wildman–Crippen LogP) is 3.26. The molecule has 1 amide bonds. The van der Waals surface area contributed by atoms with E-state index in [1.54, 1.807) is 18.2 Å². The van der Waals surface area contributed by atoms with Crippen molar-refractivity contribution in [2.24, 2.45) is 0 Å². The molecule has 0 saturated heterocycles. The van der Waals surface area contributed by atoms with Crippen molar-refractivity contribution in [2.75, 3.05) is 5.32 Å². The maximum atomic E-state index is 12.3. The molecule has 5 nitrogen and oxygen atoms in total. The van der Waals surface area contributed by atoms with Crippen LogP contribution >= 0.6 is 11.6 Å². The van der Waals surface area contributed by atoms with Crippen LogP contribution in [0.15, 0.2) is 35.1 Å². The van der Waals surface area contributed by atoms with Gasteiger partial charge in [0.2, 0.25) is 0 Å². The van der Waals surface area contributed by atoms with Crippen molar-refractivity contribution in [3.63, 3.8) is 0 Å². The minimum Gasteiger partial charge on any atom is -0.320 e. The van der Waals surface area contributed by atoms with E-state index in [1.807, 2.05) is 13.8 Å². The van der Waals surface area contributed by atoms with Crippen LogP contribution in [0.1, 0.15) is 35.8 Å². The number of carbonyl (C=O) groups excluding carboxylic acids is 1. The SMILES string of the molecule is CCCCn1nc(C(=O)Nc2cccc(Cl)c2C)ccc1=O. The zero-order chi connectivity index (χ0) is 16.1. The summed E-state index contributed by atoms with van der Waals surface area (Å²) in [7, 11) is 0. The van der Waals surface area contributed by atoms with E-state index in [0.29, 0.717) is 17.3 Å². The molecule has 1 aromatic carbocycles. The van der Waals surface area contributed by atoms with Gasteiger partial charge in [-0.15, -0.1) is 0 Å². The van der Waals surface area contributed by atoms with Crippen LogP contribution < -0.4 is 10.9 Å². The van der Waals surface area contributed by atoms with E-state index < -0.39 is 0 Å². The van der Waals surface area contributed by atoms with Crippen molar-refractivity contribution in [1.29, 1.82) is 0 Å². The molecular weight excluding hydrogens is 302 g/mol. The molecule has 0 fully saturated rings. The summed E-state index contributed by atoms with van der Waals surface area (Å²) >= 11 is 6.03. The molecule has 0 atom stereocenters. The second-order valence-electron chi connectivity index (χ2n) is 5.00. The van der Waals surface area contributed by atoms with Gasteiger partial charge in [-0.3, -0.25) is 9.59 Å². The van der Waals surface area contributed by atoms with E-state index in [1.165, 1.54) is 16.8 Å². The minimum atomic E-state index is -0.365. The molecule has 2 aromatic rings. The first-order valence-corrected chi connectivity index (χ1v) is 7.55. The second kappa shape index (κ2) is 7.22. The van der Waals surface area contributed by atoms with Crippen molar-refractivity contribution in [1.82, 2.24) is 9.78 Å². The Morgan fingerprint density at radius 3 is 2.82 bits per heavy atom. The number of anilines is 1. The Morgan fingerprint density at radius 2 is 2.09 bits per heavy atom. The average molecular weight is 320 g/mol. The summed E-state index contributed by atoms with van der Waals surface area (Å²) in [6.45, 7) is 4.36. The Bertz CT molecular complexity index is 740. The van der Waals surface area contributed by atoms with Crippen molar-refractivity contribution in [3.05, 3.63) is 57.0 Å². The molecular formula is C16H18ClN3O2. The largest absolute Gasteiger partial charge is 0.320 e. The number of hydrogen-bond acceptors (Lipinski definition) is 3. The number of nitrogens with one attached hydrogen (secondary N) is 1. The molecule has 0 unspecified atom stereocenters. The van der Waals surface area contributed by atoms with Crippen LogP contribution in [-0.2, 0) is 6.54 Å². The maximum Gasteiger partial charge on any atom is 0.276 e. The van der Waals surface area contributed by atoms with Crippen LogP contribution in [0.4, 0.5) is 5.69 Å². The van der Waals surface area contributed by atoms with Gasteiger partial charge in [0.05, 0.1) is 0 Å². The second-order valence-corrected chi connectivity index (χ2v) is 5.41. The Morgan fingerprint density at radius 1 is 1.32 bits per heavy atom. The van der Waals surface area contributed by atoms with Crippen LogP contribution in [-0.4, -0.2) is 15.7 Å². The molecule has 0 spiro atoms. The number of amides is 1. The number of nitrogens with zero attached hydrogens (tertiary/aromatic N) is 2. The number of benzene rings is 1. The predicted molar refractivity (Wildman–Crippen MR) is 87.5 cm³/mol. The van der Waals surface area contributed by atoms with Crippen LogP contribution in [0.5, 0.6) is 0 Å². The van der Waals surface area contributed by atoms with Gasteiger partial charge in [-0.05, 0) is 37.1 Å². The molecule has 1 aromatic heterocycles. The Balaban J connectivity index is 2.22. The summed E-state index contributed by atoms with van der Waals surface area (Å²) in [5.41, 5.74) is 1.42. The van der Waals surface area contributed by atoms with E-state index in [4.69, 9.17) is 11.6 Å². The lowest BCUT2D eigenvalue weighted by Gasteiger charge is -2.10. The van der Waals surface area contributed by atoms with Gasteiger partial charge in [-0.2, -0.15) is 5.10 Å². The number of aromatic nitrogens is 2. The lowest BCUT2D eigenvalue weighted by Crippen LogP contribution is -2.26. The summed E-state index contributed by atoms with van der Waals surface area (Å²) in [6.07, 6.45) is 1.79. The number of unbranched alkanes of at least 4 members (excludes halogenated alkanes) is 1. The summed E-state index contributed by atoms with van der Waals surface area (Å²) in [5, 5.41) is 7.47. The number of carbonyl (C=O) groups is 1. The van der Waals surface area contributed by atoms with Crippen molar-refractivity contribution >= 4 is 23.2 Å². The first kappa shape index (κ1) is 16.2. The van der Waals surface area contributed by atoms with Crippen LogP contribution in [0.2, 0.25) is 5.02 Å². The quantitative estimate of drug-likeness (QED) is 0.920. The molecule has 0 aliphatic heterocycles. The number of rotatable bonds is 5. The highest BCUT2D eigenvalue weighted by atomic mass is 35.5. The standard InChI is InChI=1S/C16H18ClN3O2/c1-3-4-10-20-15(21)9-8-14(19-20)16(22)18-13-7-5-6-12(17)11(13)2/h5-9H,3-4,10H2,1-2H3,(H,18,22). The van der Waals surface area contributed by atoms with E-state index in [0.717, 1.165) is 18.4 Å². The number of aryl methyl sites for hydroxylation is 1. The average Bonchev–Trinajstić information content (AvgIpc) is 2.51. The van der Waals surface area contributed by atoms with E-state index in [2.05, 4.69) is 10.4 Å². The molecule has 116 valence electrons. The Kier molecular flexibility index (Phi) is 5.33. The molecule has 0 radical (unpaired) electrons. The highest BCUT2D eigenvalue weighted by molar-refractivity contribution is 6.31. The molecule has 0 saturated carbocycles. The molecule has 6 heteroatoms. The Labute approximate surface area is 133 Å². The van der Waals surface area contributed by atoms with Gasteiger partial charge in [0.1, 0.15) is 5.69 Å². The van der Waals surface area contributed by atoms with Gasteiger partial charge >= 0.3 is 0 Å². The first-order chi connectivity index (χ1) is 10.5. The Hall–Kier alpha value is -2.14. The summed E-state index contributed by atoms with van der Waals surface area (Å²) < 4.78 is 1.32. The highest BCUT2D eigenvalue weighted by Crippen LogP contribution is 2.23. The lowest BCUT2D eigenvalue weighted by atomic mass is 10.2.